The molecule has 4 heterocycles. The number of carbonyl (C=O) groups is 1. The highest BCUT2D eigenvalue weighted by Gasteiger charge is 2.27. The third kappa shape index (κ3) is 3.42. The zero-order chi connectivity index (χ0) is 20.7. The second-order valence-corrected chi connectivity index (χ2v) is 10.4. The van der Waals surface area contributed by atoms with Crippen molar-refractivity contribution in [3.05, 3.63) is 16.3 Å². The number of aryl methyl sites for hydroxylation is 3. The molecule has 30 heavy (non-hydrogen) atoms. The van der Waals surface area contributed by atoms with Crippen molar-refractivity contribution in [2.45, 2.75) is 82.8 Å². The average molecular weight is 444 g/mol. The third-order valence-corrected chi connectivity index (χ3v) is 8.66. The van der Waals surface area contributed by atoms with Gasteiger partial charge >= 0.3 is 0 Å². The van der Waals surface area contributed by atoms with Gasteiger partial charge in [0.2, 0.25) is 5.91 Å². The van der Waals surface area contributed by atoms with Crippen LogP contribution in [0.25, 0.3) is 15.9 Å². The number of nitrogens with zero attached hydrogens (tertiary/aromatic N) is 5. The molecule has 1 aliphatic heterocycles. The second kappa shape index (κ2) is 8.46. The Labute approximate surface area is 185 Å². The van der Waals surface area contributed by atoms with Gasteiger partial charge in [0.1, 0.15) is 10.7 Å². The minimum Gasteiger partial charge on any atom is -0.339 e. The largest absolute Gasteiger partial charge is 0.339 e. The Morgan fingerprint density at radius 2 is 2.03 bits per heavy atom. The standard InChI is InChI=1S/C22H29N5OS2/c1-3-14-9-7-8-12-26(14)18(28)13-29-22-25-24-20-19-15-10-5-6-11-16(15)30-21(19)23-17(4-2)27(20)22/h14H,3-13H2,1-2H3/t14-/m0/s1. The van der Waals surface area contributed by atoms with Crippen LogP contribution in [0.5, 0.6) is 0 Å². The average Bonchev–Trinajstić information content (AvgIpc) is 3.37. The van der Waals surface area contributed by atoms with Crippen LogP contribution < -0.4 is 0 Å². The van der Waals surface area contributed by atoms with Crippen LogP contribution in [-0.2, 0) is 24.1 Å². The molecule has 0 N–H and O–H groups in total. The highest BCUT2D eigenvalue weighted by atomic mass is 32.2. The molecule has 1 amide bonds. The van der Waals surface area contributed by atoms with Gasteiger partial charge in [-0.05, 0) is 56.9 Å². The van der Waals surface area contributed by atoms with Crippen LogP contribution in [-0.4, -0.2) is 48.7 Å². The van der Waals surface area contributed by atoms with Crippen molar-refractivity contribution >= 4 is 44.9 Å². The van der Waals surface area contributed by atoms with Crippen molar-refractivity contribution in [2.24, 2.45) is 0 Å². The van der Waals surface area contributed by atoms with Crippen molar-refractivity contribution in [1.82, 2.24) is 24.5 Å². The van der Waals surface area contributed by atoms with Gasteiger partial charge in [-0.15, -0.1) is 21.5 Å². The van der Waals surface area contributed by atoms with Gasteiger partial charge in [0, 0.05) is 23.9 Å². The number of piperidine rings is 1. The smallest absolute Gasteiger partial charge is 0.233 e. The lowest BCUT2D eigenvalue weighted by molar-refractivity contribution is -0.132. The molecule has 3 aromatic rings. The third-order valence-electron chi connectivity index (χ3n) is 6.56. The minimum atomic E-state index is 0.225. The summed E-state index contributed by atoms with van der Waals surface area (Å²) in [7, 11) is 0. The fourth-order valence-corrected chi connectivity index (χ4v) is 7.10. The monoisotopic (exact) mass is 443 g/mol. The Balaban J connectivity index is 1.47. The Hall–Kier alpha value is -1.67. The topological polar surface area (TPSA) is 63.4 Å². The van der Waals surface area contributed by atoms with E-state index in [0.717, 1.165) is 66.5 Å². The van der Waals surface area contributed by atoms with Crippen LogP contribution in [0.3, 0.4) is 0 Å². The van der Waals surface area contributed by atoms with Gasteiger partial charge < -0.3 is 4.90 Å². The predicted molar refractivity (Wildman–Crippen MR) is 123 cm³/mol. The quantitative estimate of drug-likeness (QED) is 0.537. The summed E-state index contributed by atoms with van der Waals surface area (Å²) >= 11 is 3.34. The Morgan fingerprint density at radius 3 is 2.87 bits per heavy atom. The van der Waals surface area contributed by atoms with E-state index in [2.05, 4.69) is 33.3 Å². The molecule has 1 fully saturated rings. The van der Waals surface area contributed by atoms with E-state index in [0.29, 0.717) is 11.8 Å². The predicted octanol–water partition coefficient (Wildman–Crippen LogP) is 4.66. The van der Waals surface area contributed by atoms with Crippen molar-refractivity contribution < 1.29 is 4.79 Å². The first-order valence-electron chi connectivity index (χ1n) is 11.3. The molecule has 6 nitrogen and oxygen atoms in total. The number of thioether (sulfide) groups is 1. The number of carbonyl (C=O) groups excluding carboxylic acids is 1. The number of rotatable bonds is 5. The fourth-order valence-electron chi connectivity index (χ4n) is 4.99. The summed E-state index contributed by atoms with van der Waals surface area (Å²) in [6.45, 7) is 5.20. The first kappa shape index (κ1) is 20.2. The molecule has 3 aromatic heterocycles. The Bertz CT molecular complexity index is 1090. The Kier molecular flexibility index (Phi) is 5.71. The van der Waals surface area contributed by atoms with Crippen LogP contribution in [0, 0.1) is 0 Å². The SMILES string of the molecule is CCc1nc2sc3c(c2c2nnc(SCC(=O)N4CCCC[C@@H]4CC)n12)CCCC3. The number of fused-ring (bicyclic) bond motifs is 5. The van der Waals surface area contributed by atoms with Gasteiger partial charge in [0.15, 0.2) is 10.8 Å². The molecule has 5 rings (SSSR count). The molecule has 1 aliphatic carbocycles. The summed E-state index contributed by atoms with van der Waals surface area (Å²) in [6.07, 6.45) is 10.1. The van der Waals surface area contributed by atoms with E-state index >= 15 is 0 Å². The first-order chi connectivity index (χ1) is 14.7. The van der Waals surface area contributed by atoms with Crippen molar-refractivity contribution in [3.63, 3.8) is 0 Å². The molecule has 0 saturated carbocycles. The molecule has 1 atom stereocenters. The molecule has 0 spiro atoms. The van der Waals surface area contributed by atoms with Crippen LogP contribution >= 0.6 is 23.1 Å². The maximum absolute atomic E-state index is 12.9. The van der Waals surface area contributed by atoms with Crippen LogP contribution in [0.15, 0.2) is 5.16 Å². The number of hydrogen-bond donors (Lipinski definition) is 0. The van der Waals surface area contributed by atoms with Gasteiger partial charge in [0.25, 0.3) is 0 Å². The van der Waals surface area contributed by atoms with E-state index < -0.39 is 0 Å². The van der Waals surface area contributed by atoms with Gasteiger partial charge in [0.05, 0.1) is 11.1 Å². The molecule has 160 valence electrons. The zero-order valence-corrected chi connectivity index (χ0v) is 19.4. The maximum atomic E-state index is 12.9. The molecule has 1 saturated heterocycles. The van der Waals surface area contributed by atoms with E-state index in [9.17, 15) is 4.79 Å². The van der Waals surface area contributed by atoms with Crippen LogP contribution in [0.1, 0.15) is 68.6 Å². The fraction of sp³-hybridized carbons (Fsp3) is 0.636. The molecule has 2 aliphatic rings. The van der Waals surface area contributed by atoms with Gasteiger partial charge in [-0.25, -0.2) is 4.98 Å². The Morgan fingerprint density at radius 1 is 1.17 bits per heavy atom. The van der Waals surface area contributed by atoms with E-state index in [1.807, 2.05) is 11.3 Å². The highest BCUT2D eigenvalue weighted by Crippen LogP contribution is 2.38. The van der Waals surface area contributed by atoms with E-state index in [1.165, 1.54) is 46.9 Å². The van der Waals surface area contributed by atoms with Crippen molar-refractivity contribution in [3.8, 4) is 0 Å². The highest BCUT2D eigenvalue weighted by molar-refractivity contribution is 7.99. The number of amides is 1. The second-order valence-electron chi connectivity index (χ2n) is 8.35. The number of thiophene rings is 1. The summed E-state index contributed by atoms with van der Waals surface area (Å²) in [5.41, 5.74) is 2.36. The molecular weight excluding hydrogens is 414 g/mol. The first-order valence-corrected chi connectivity index (χ1v) is 13.1. The van der Waals surface area contributed by atoms with Crippen molar-refractivity contribution in [2.75, 3.05) is 12.3 Å². The molecular formula is C22H29N5OS2. The van der Waals surface area contributed by atoms with Crippen LogP contribution in [0.2, 0.25) is 0 Å². The lowest BCUT2D eigenvalue weighted by Gasteiger charge is -2.35. The normalized spacial score (nSPS) is 19.5. The lowest BCUT2D eigenvalue weighted by Crippen LogP contribution is -2.44. The van der Waals surface area contributed by atoms with Crippen LogP contribution in [0.4, 0.5) is 0 Å². The maximum Gasteiger partial charge on any atom is 0.233 e. The molecule has 0 unspecified atom stereocenters. The lowest BCUT2D eigenvalue weighted by atomic mass is 9.97. The van der Waals surface area contributed by atoms with Gasteiger partial charge in [-0.2, -0.15) is 0 Å². The summed E-state index contributed by atoms with van der Waals surface area (Å²) in [4.78, 5) is 22.6. The number of aromatic nitrogens is 4. The number of likely N-dealkylation sites (tertiary alicyclic amines) is 1. The molecule has 8 heteroatoms. The summed E-state index contributed by atoms with van der Waals surface area (Å²) < 4.78 is 2.11. The van der Waals surface area contributed by atoms with Gasteiger partial charge in [-0.3, -0.25) is 9.20 Å². The van der Waals surface area contributed by atoms with Crippen molar-refractivity contribution in [1.29, 1.82) is 0 Å². The van der Waals surface area contributed by atoms with E-state index in [1.54, 1.807) is 0 Å². The molecule has 0 bridgehead atoms. The molecule has 0 radical (unpaired) electrons. The summed E-state index contributed by atoms with van der Waals surface area (Å²) in [6, 6.07) is 0.395. The van der Waals surface area contributed by atoms with Gasteiger partial charge in [-0.1, -0.05) is 25.6 Å². The zero-order valence-electron chi connectivity index (χ0n) is 17.8. The minimum absolute atomic E-state index is 0.225. The van der Waals surface area contributed by atoms with E-state index in [-0.39, 0.29) is 5.91 Å². The summed E-state index contributed by atoms with van der Waals surface area (Å²) in [5, 5.41) is 11.1. The number of hydrogen-bond acceptors (Lipinski definition) is 6. The summed E-state index contributed by atoms with van der Waals surface area (Å²) in [5.74, 6) is 1.63. The van der Waals surface area contributed by atoms with E-state index in [4.69, 9.17) is 4.98 Å². The molecule has 0 aromatic carbocycles.